The van der Waals surface area contributed by atoms with Crippen LogP contribution in [0.3, 0.4) is 0 Å². The summed E-state index contributed by atoms with van der Waals surface area (Å²) in [4.78, 5) is 35.9. The lowest BCUT2D eigenvalue weighted by atomic mass is 9.95. The molecule has 1 aromatic carbocycles. The van der Waals surface area contributed by atoms with Crippen molar-refractivity contribution in [2.24, 2.45) is 0 Å². The minimum atomic E-state index is -0.705. The number of carbonyl (C=O) groups is 2. The third kappa shape index (κ3) is 4.03. The molecule has 1 aliphatic rings. The molecule has 1 unspecified atom stereocenters. The van der Waals surface area contributed by atoms with E-state index in [1.807, 2.05) is 42.3 Å². The molecule has 1 atom stereocenters. The topological polar surface area (TPSA) is 99.4 Å². The van der Waals surface area contributed by atoms with Crippen LogP contribution in [0.1, 0.15) is 38.4 Å². The number of Topliss-reactive ketones (excluding diaryl/α,β-unsaturated/α-hetero) is 1. The Labute approximate surface area is 189 Å². The maximum absolute atomic E-state index is 13.5. The van der Waals surface area contributed by atoms with Crippen molar-refractivity contribution >= 4 is 23.0 Å². The summed E-state index contributed by atoms with van der Waals surface area (Å²) in [6.07, 6.45) is 6.22. The number of hydrogen-bond acceptors (Lipinski definition) is 6. The van der Waals surface area contributed by atoms with Gasteiger partial charge in [0, 0.05) is 13.0 Å². The van der Waals surface area contributed by atoms with E-state index in [0.29, 0.717) is 41.4 Å². The van der Waals surface area contributed by atoms with Crippen LogP contribution in [0.25, 0.3) is 0 Å². The number of ketones is 1. The van der Waals surface area contributed by atoms with E-state index in [2.05, 4.69) is 9.97 Å². The van der Waals surface area contributed by atoms with Gasteiger partial charge in [0.15, 0.2) is 5.76 Å². The first-order chi connectivity index (χ1) is 15.4. The minimum absolute atomic E-state index is 0.0873. The summed E-state index contributed by atoms with van der Waals surface area (Å²) < 4.78 is 7.33. The third-order valence-electron chi connectivity index (χ3n) is 5.49. The van der Waals surface area contributed by atoms with Crippen LogP contribution in [0.5, 0.6) is 5.75 Å². The second-order valence-electron chi connectivity index (χ2n) is 7.62. The van der Waals surface area contributed by atoms with Gasteiger partial charge >= 0.3 is 0 Å². The zero-order valence-corrected chi connectivity index (χ0v) is 19.0. The maximum atomic E-state index is 13.5. The van der Waals surface area contributed by atoms with E-state index in [1.165, 1.54) is 11.3 Å². The molecule has 0 aliphatic carbocycles. The summed E-state index contributed by atoms with van der Waals surface area (Å²) >= 11 is 1.27. The number of hydrogen-bond donors (Lipinski definition) is 2. The van der Waals surface area contributed by atoms with Gasteiger partial charge in [-0.25, -0.2) is 9.55 Å². The number of nitrogens with one attached hydrogen (secondary N) is 1. The van der Waals surface area contributed by atoms with E-state index >= 15 is 0 Å². The van der Waals surface area contributed by atoms with Crippen molar-refractivity contribution in [2.45, 2.75) is 32.9 Å². The molecule has 0 saturated heterocycles. The van der Waals surface area contributed by atoms with Crippen molar-refractivity contribution in [1.29, 1.82) is 0 Å². The molecule has 0 spiro atoms. The van der Waals surface area contributed by atoms with E-state index in [4.69, 9.17) is 4.74 Å². The molecule has 3 aromatic rings. The fourth-order valence-corrected chi connectivity index (χ4v) is 4.90. The predicted molar refractivity (Wildman–Crippen MR) is 119 cm³/mol. The SMILES string of the molecule is COc1cccc(C2C(C(=O)c3sc(C)nc3C)=C(O)C(=O)N2CCC[n+]2cc[nH]c2)c1. The summed E-state index contributed by atoms with van der Waals surface area (Å²) in [7, 11) is 1.56. The van der Waals surface area contributed by atoms with Gasteiger partial charge in [-0.3, -0.25) is 14.6 Å². The molecular weight excluding hydrogens is 428 g/mol. The van der Waals surface area contributed by atoms with E-state index in [0.717, 1.165) is 5.01 Å². The van der Waals surface area contributed by atoms with Gasteiger partial charge in [-0.15, -0.1) is 11.3 Å². The van der Waals surface area contributed by atoms with Crippen LogP contribution in [0.4, 0.5) is 0 Å². The Bertz CT molecular complexity index is 1180. The number of rotatable bonds is 8. The maximum Gasteiger partial charge on any atom is 0.290 e. The molecule has 32 heavy (non-hydrogen) atoms. The molecule has 2 N–H and O–H groups in total. The van der Waals surface area contributed by atoms with Crippen LogP contribution in [-0.4, -0.2) is 45.3 Å². The molecule has 9 heteroatoms. The molecule has 0 fully saturated rings. The van der Waals surface area contributed by atoms with Crippen molar-refractivity contribution in [3.63, 3.8) is 0 Å². The predicted octanol–water partition coefficient (Wildman–Crippen LogP) is 3.05. The van der Waals surface area contributed by atoms with Crippen molar-refractivity contribution in [3.05, 3.63) is 75.5 Å². The highest BCUT2D eigenvalue weighted by Gasteiger charge is 2.44. The molecule has 166 valence electrons. The second kappa shape index (κ2) is 8.96. The highest BCUT2D eigenvalue weighted by molar-refractivity contribution is 7.14. The van der Waals surface area contributed by atoms with Crippen LogP contribution >= 0.6 is 11.3 Å². The highest BCUT2D eigenvalue weighted by Crippen LogP contribution is 2.40. The van der Waals surface area contributed by atoms with Crippen LogP contribution in [0.15, 0.2) is 54.3 Å². The van der Waals surface area contributed by atoms with Gasteiger partial charge in [0.2, 0.25) is 12.1 Å². The zero-order chi connectivity index (χ0) is 22.8. The van der Waals surface area contributed by atoms with Crippen LogP contribution in [0, 0.1) is 13.8 Å². The number of aliphatic hydroxyl groups is 1. The first kappa shape index (κ1) is 21.8. The van der Waals surface area contributed by atoms with Crippen LogP contribution in [0.2, 0.25) is 0 Å². The number of aryl methyl sites for hydroxylation is 3. The smallest absolute Gasteiger partial charge is 0.290 e. The average molecular weight is 454 g/mol. The van der Waals surface area contributed by atoms with Crippen molar-refractivity contribution in [3.8, 4) is 5.75 Å². The van der Waals surface area contributed by atoms with Crippen LogP contribution in [-0.2, 0) is 11.3 Å². The quantitative estimate of drug-likeness (QED) is 0.403. The second-order valence-corrected chi connectivity index (χ2v) is 8.82. The Balaban J connectivity index is 1.71. The van der Waals surface area contributed by atoms with Crippen molar-refractivity contribution < 1.29 is 24.0 Å². The molecule has 4 rings (SSSR count). The first-order valence-corrected chi connectivity index (χ1v) is 11.1. The average Bonchev–Trinajstić information content (AvgIpc) is 3.48. The van der Waals surface area contributed by atoms with E-state index in [9.17, 15) is 14.7 Å². The summed E-state index contributed by atoms with van der Waals surface area (Å²) in [5.74, 6) is -0.795. The van der Waals surface area contributed by atoms with Crippen molar-refractivity contribution in [1.82, 2.24) is 14.9 Å². The van der Waals surface area contributed by atoms with Gasteiger partial charge in [0.25, 0.3) is 5.91 Å². The number of aliphatic hydroxyl groups excluding tert-OH is 1. The van der Waals surface area contributed by atoms with Gasteiger partial charge < -0.3 is 14.7 Å². The Morgan fingerprint density at radius 2 is 2.19 bits per heavy atom. The number of H-pyrrole nitrogens is 1. The monoisotopic (exact) mass is 453 g/mol. The lowest BCUT2D eigenvalue weighted by Gasteiger charge is -2.26. The fraction of sp³-hybridized carbons (Fsp3) is 0.304. The minimum Gasteiger partial charge on any atom is -0.503 e. The van der Waals surface area contributed by atoms with Crippen LogP contribution < -0.4 is 9.30 Å². The standard InChI is InChI=1S/C23H24N4O4S/c1-14-22(32-15(2)25-14)20(28)18-19(16-6-4-7-17(12-16)31-3)27(23(30)21(18)29)10-5-9-26-11-8-24-13-26/h4,6-8,11-13,19H,5,9-10H2,1-3H3,(H,28,29)/p+1. The lowest BCUT2D eigenvalue weighted by Crippen LogP contribution is -2.36. The molecule has 0 radical (unpaired) electrons. The van der Waals surface area contributed by atoms with E-state index < -0.39 is 17.7 Å². The van der Waals surface area contributed by atoms with E-state index in [1.54, 1.807) is 31.1 Å². The Kier molecular flexibility index (Phi) is 6.09. The Morgan fingerprint density at radius 1 is 1.38 bits per heavy atom. The zero-order valence-electron chi connectivity index (χ0n) is 18.2. The normalized spacial score (nSPS) is 16.2. The summed E-state index contributed by atoms with van der Waals surface area (Å²) in [6, 6.07) is 6.54. The number of amides is 1. The highest BCUT2D eigenvalue weighted by atomic mass is 32.1. The molecular formula is C23H25N4O4S+. The number of methoxy groups -OCH3 is 1. The first-order valence-electron chi connectivity index (χ1n) is 10.3. The largest absolute Gasteiger partial charge is 0.503 e. The molecule has 3 heterocycles. The molecule has 0 bridgehead atoms. The Hall–Kier alpha value is -3.46. The summed E-state index contributed by atoms with van der Waals surface area (Å²) in [5.41, 5.74) is 1.39. The van der Waals surface area contributed by atoms with Gasteiger partial charge in [-0.2, -0.15) is 0 Å². The van der Waals surface area contributed by atoms with Crippen molar-refractivity contribution in [2.75, 3.05) is 13.7 Å². The van der Waals surface area contributed by atoms with Gasteiger partial charge in [0.1, 0.15) is 18.1 Å². The number of benzene rings is 1. The number of thiazole rings is 1. The number of aromatic nitrogens is 3. The number of aromatic amines is 1. The molecule has 2 aromatic heterocycles. The van der Waals surface area contributed by atoms with Gasteiger partial charge in [0.05, 0.1) is 40.8 Å². The molecule has 8 nitrogen and oxygen atoms in total. The number of carbonyl (C=O) groups excluding carboxylic acids is 2. The van der Waals surface area contributed by atoms with E-state index in [-0.39, 0.29) is 11.4 Å². The van der Waals surface area contributed by atoms with Gasteiger partial charge in [-0.1, -0.05) is 12.1 Å². The fourth-order valence-electron chi connectivity index (χ4n) is 4.02. The van der Waals surface area contributed by atoms with Gasteiger partial charge in [-0.05, 0) is 31.5 Å². The summed E-state index contributed by atoms with van der Waals surface area (Å²) in [5, 5.41) is 11.6. The number of ether oxygens (including phenoxy) is 1. The molecule has 0 saturated carbocycles. The number of imidazole rings is 1. The summed E-state index contributed by atoms with van der Waals surface area (Å²) in [6.45, 7) is 4.65. The number of nitrogens with zero attached hydrogens (tertiary/aromatic N) is 3. The Morgan fingerprint density at radius 3 is 2.84 bits per heavy atom. The third-order valence-corrected chi connectivity index (χ3v) is 6.56. The lowest BCUT2D eigenvalue weighted by molar-refractivity contribution is -0.695. The molecule has 1 amide bonds. The molecule has 1 aliphatic heterocycles.